The normalized spacial score (nSPS) is 17.0. The Hall–Kier alpha value is -3.02. The van der Waals surface area contributed by atoms with E-state index < -0.39 is 0 Å². The van der Waals surface area contributed by atoms with E-state index in [0.29, 0.717) is 12.8 Å². The standard InChI is InChI=1S/C20H20N4O2/c1-4-20(25)24-19(11-17(23-24)15-9-12(2)26-13(15)3)14-5-6-16-18(10-14)22-8-7-21-16/h5-10,19H,4,11H2,1-3H3. The van der Waals surface area contributed by atoms with Gasteiger partial charge in [-0.1, -0.05) is 13.0 Å². The fraction of sp³-hybridized carbons (Fsp3) is 0.300. The van der Waals surface area contributed by atoms with Gasteiger partial charge in [0.25, 0.3) is 0 Å². The summed E-state index contributed by atoms with van der Waals surface area (Å²) < 4.78 is 5.65. The summed E-state index contributed by atoms with van der Waals surface area (Å²) in [4.78, 5) is 21.2. The van der Waals surface area contributed by atoms with E-state index in [1.54, 1.807) is 17.4 Å². The number of benzene rings is 1. The van der Waals surface area contributed by atoms with E-state index in [-0.39, 0.29) is 11.9 Å². The lowest BCUT2D eigenvalue weighted by atomic mass is 9.98. The van der Waals surface area contributed by atoms with Gasteiger partial charge in [-0.25, -0.2) is 5.01 Å². The fourth-order valence-corrected chi connectivity index (χ4v) is 3.43. The molecule has 3 heterocycles. The molecule has 6 nitrogen and oxygen atoms in total. The maximum Gasteiger partial charge on any atom is 0.242 e. The molecule has 0 N–H and O–H groups in total. The first-order valence-electron chi connectivity index (χ1n) is 8.74. The molecule has 2 aromatic heterocycles. The second-order valence-corrected chi connectivity index (χ2v) is 6.49. The molecule has 0 radical (unpaired) electrons. The quantitative estimate of drug-likeness (QED) is 0.719. The van der Waals surface area contributed by atoms with Gasteiger partial charge in [-0.05, 0) is 37.6 Å². The molecule has 3 aromatic rings. The second kappa shape index (κ2) is 6.37. The number of amides is 1. The maximum absolute atomic E-state index is 12.5. The SMILES string of the molecule is CCC(=O)N1N=C(c2cc(C)oc2C)CC1c1ccc2nccnc2c1. The van der Waals surface area contributed by atoms with Gasteiger partial charge in [0, 0.05) is 30.8 Å². The van der Waals surface area contributed by atoms with Gasteiger partial charge in [0.05, 0.1) is 22.8 Å². The number of aryl methyl sites for hydroxylation is 2. The van der Waals surface area contributed by atoms with E-state index in [2.05, 4.69) is 15.1 Å². The van der Waals surface area contributed by atoms with Crippen molar-refractivity contribution in [1.82, 2.24) is 15.0 Å². The molecule has 0 saturated carbocycles. The number of carbonyl (C=O) groups excluding carboxylic acids is 1. The van der Waals surface area contributed by atoms with E-state index in [9.17, 15) is 4.79 Å². The zero-order valence-corrected chi connectivity index (χ0v) is 15.1. The number of hydrazone groups is 1. The van der Waals surface area contributed by atoms with Crippen LogP contribution in [0, 0.1) is 13.8 Å². The number of furan rings is 1. The molecule has 4 rings (SSSR count). The van der Waals surface area contributed by atoms with Gasteiger partial charge in [-0.3, -0.25) is 14.8 Å². The summed E-state index contributed by atoms with van der Waals surface area (Å²) >= 11 is 0. The molecule has 1 aromatic carbocycles. The topological polar surface area (TPSA) is 71.6 Å². The second-order valence-electron chi connectivity index (χ2n) is 6.49. The summed E-state index contributed by atoms with van der Waals surface area (Å²) in [6.07, 6.45) is 4.41. The van der Waals surface area contributed by atoms with Crippen molar-refractivity contribution in [1.29, 1.82) is 0 Å². The van der Waals surface area contributed by atoms with E-state index >= 15 is 0 Å². The van der Waals surface area contributed by atoms with Crippen molar-refractivity contribution in [2.45, 2.75) is 39.7 Å². The number of carbonyl (C=O) groups is 1. The fourth-order valence-electron chi connectivity index (χ4n) is 3.43. The van der Waals surface area contributed by atoms with Crippen molar-refractivity contribution in [3.63, 3.8) is 0 Å². The molecule has 0 saturated heterocycles. The Morgan fingerprint density at radius 3 is 2.65 bits per heavy atom. The molecule has 132 valence electrons. The molecule has 0 spiro atoms. The first-order chi connectivity index (χ1) is 12.6. The van der Waals surface area contributed by atoms with Gasteiger partial charge in [0.2, 0.25) is 5.91 Å². The molecule has 6 heteroatoms. The lowest BCUT2D eigenvalue weighted by Gasteiger charge is -2.21. The molecule has 1 aliphatic heterocycles. The highest BCUT2D eigenvalue weighted by Gasteiger charge is 2.33. The van der Waals surface area contributed by atoms with Crippen molar-refractivity contribution >= 4 is 22.7 Å². The molecular weight excluding hydrogens is 328 g/mol. The minimum absolute atomic E-state index is 0.00196. The lowest BCUT2D eigenvalue weighted by molar-refractivity contribution is -0.132. The Balaban J connectivity index is 1.74. The summed E-state index contributed by atoms with van der Waals surface area (Å²) in [5.74, 6) is 1.68. The molecule has 1 atom stereocenters. The lowest BCUT2D eigenvalue weighted by Crippen LogP contribution is -2.26. The summed E-state index contributed by atoms with van der Waals surface area (Å²) in [6.45, 7) is 5.70. The van der Waals surface area contributed by atoms with Crippen molar-refractivity contribution in [3.8, 4) is 0 Å². The van der Waals surface area contributed by atoms with Crippen LogP contribution in [0.4, 0.5) is 0 Å². The van der Waals surface area contributed by atoms with Crippen LogP contribution >= 0.6 is 0 Å². The summed E-state index contributed by atoms with van der Waals surface area (Å²) in [5.41, 5.74) is 4.52. The van der Waals surface area contributed by atoms with Crippen LogP contribution in [0.3, 0.4) is 0 Å². The first-order valence-corrected chi connectivity index (χ1v) is 8.74. The minimum atomic E-state index is -0.140. The Morgan fingerprint density at radius 1 is 1.19 bits per heavy atom. The number of hydrogen-bond acceptors (Lipinski definition) is 5. The Morgan fingerprint density at radius 2 is 1.96 bits per heavy atom. The minimum Gasteiger partial charge on any atom is -0.466 e. The van der Waals surface area contributed by atoms with E-state index in [0.717, 1.165) is 39.4 Å². The van der Waals surface area contributed by atoms with Crippen molar-refractivity contribution in [2.24, 2.45) is 5.10 Å². The largest absolute Gasteiger partial charge is 0.466 e. The number of rotatable bonds is 3. The van der Waals surface area contributed by atoms with Crippen LogP contribution in [0.2, 0.25) is 0 Å². The van der Waals surface area contributed by atoms with Gasteiger partial charge in [0.1, 0.15) is 11.5 Å². The van der Waals surface area contributed by atoms with Crippen molar-refractivity contribution < 1.29 is 9.21 Å². The number of hydrogen-bond donors (Lipinski definition) is 0. The zero-order valence-electron chi connectivity index (χ0n) is 15.1. The van der Waals surface area contributed by atoms with E-state index in [1.807, 2.05) is 45.0 Å². The molecule has 1 amide bonds. The number of fused-ring (bicyclic) bond motifs is 1. The zero-order chi connectivity index (χ0) is 18.3. The molecule has 1 aliphatic rings. The van der Waals surface area contributed by atoms with Crippen LogP contribution in [0.15, 0.2) is 46.2 Å². The van der Waals surface area contributed by atoms with Gasteiger partial charge in [-0.2, -0.15) is 5.10 Å². The predicted octanol–water partition coefficient (Wildman–Crippen LogP) is 3.93. The number of aromatic nitrogens is 2. The van der Waals surface area contributed by atoms with Crippen LogP contribution < -0.4 is 0 Å². The molecule has 1 unspecified atom stereocenters. The molecular formula is C20H20N4O2. The molecule has 0 aliphatic carbocycles. The van der Waals surface area contributed by atoms with Gasteiger partial charge < -0.3 is 4.42 Å². The van der Waals surface area contributed by atoms with Crippen LogP contribution in [0.5, 0.6) is 0 Å². The van der Waals surface area contributed by atoms with Gasteiger partial charge in [0.15, 0.2) is 0 Å². The summed E-state index contributed by atoms with van der Waals surface area (Å²) in [5, 5.41) is 6.25. The van der Waals surface area contributed by atoms with Crippen molar-refractivity contribution in [3.05, 3.63) is 59.3 Å². The maximum atomic E-state index is 12.5. The van der Waals surface area contributed by atoms with Crippen molar-refractivity contribution in [2.75, 3.05) is 0 Å². The number of nitrogens with zero attached hydrogens (tertiary/aromatic N) is 4. The van der Waals surface area contributed by atoms with E-state index in [1.165, 1.54) is 0 Å². The highest BCUT2D eigenvalue weighted by Crippen LogP contribution is 2.35. The Kier molecular flexibility index (Phi) is 4.03. The van der Waals surface area contributed by atoms with E-state index in [4.69, 9.17) is 4.42 Å². The Labute approximate surface area is 151 Å². The third-order valence-electron chi connectivity index (χ3n) is 4.70. The highest BCUT2D eigenvalue weighted by molar-refractivity contribution is 6.04. The van der Waals surface area contributed by atoms with Gasteiger partial charge >= 0.3 is 0 Å². The summed E-state index contributed by atoms with van der Waals surface area (Å²) in [6, 6.07) is 7.78. The molecule has 0 fully saturated rings. The average molecular weight is 348 g/mol. The highest BCUT2D eigenvalue weighted by atomic mass is 16.3. The van der Waals surface area contributed by atoms with Gasteiger partial charge in [-0.15, -0.1) is 0 Å². The molecule has 26 heavy (non-hydrogen) atoms. The predicted molar refractivity (Wildman–Crippen MR) is 98.8 cm³/mol. The summed E-state index contributed by atoms with van der Waals surface area (Å²) in [7, 11) is 0. The first kappa shape index (κ1) is 16.4. The van der Waals surface area contributed by atoms with Crippen LogP contribution in [0.25, 0.3) is 11.0 Å². The average Bonchev–Trinajstić information content (AvgIpc) is 3.23. The third kappa shape index (κ3) is 2.77. The smallest absolute Gasteiger partial charge is 0.242 e. The van der Waals surface area contributed by atoms with Crippen LogP contribution in [-0.2, 0) is 4.79 Å². The third-order valence-corrected chi connectivity index (χ3v) is 4.70. The van der Waals surface area contributed by atoms with Crippen LogP contribution in [0.1, 0.15) is 48.5 Å². The monoisotopic (exact) mass is 348 g/mol. The Bertz CT molecular complexity index is 1020. The van der Waals surface area contributed by atoms with Crippen LogP contribution in [-0.4, -0.2) is 26.6 Å². The molecule has 0 bridgehead atoms.